The van der Waals surface area contributed by atoms with Gasteiger partial charge in [0.25, 0.3) is 0 Å². The van der Waals surface area contributed by atoms with Crippen LogP contribution in [-0.2, 0) is 16.1 Å². The number of amides is 1. The normalized spacial score (nSPS) is 31.9. The molecular formula is C17H24N2O2S. The summed E-state index contributed by atoms with van der Waals surface area (Å²) in [5.74, 6) is 0.843. The summed E-state index contributed by atoms with van der Waals surface area (Å²) in [6.45, 7) is 2.96. The monoisotopic (exact) mass is 320 g/mol. The molecular weight excluding hydrogens is 296 g/mol. The number of fused-ring (bicyclic) bond motifs is 1. The molecule has 1 aliphatic carbocycles. The molecule has 0 bridgehead atoms. The van der Waals surface area contributed by atoms with Crippen LogP contribution in [0.2, 0.25) is 0 Å². The van der Waals surface area contributed by atoms with Crippen LogP contribution in [0.4, 0.5) is 0 Å². The molecule has 4 rings (SSSR count). The van der Waals surface area contributed by atoms with Crippen molar-refractivity contribution < 1.29 is 9.53 Å². The second-order valence-corrected chi connectivity index (χ2v) is 7.87. The summed E-state index contributed by atoms with van der Waals surface area (Å²) in [7, 11) is 0. The molecule has 1 saturated carbocycles. The van der Waals surface area contributed by atoms with E-state index in [2.05, 4.69) is 27.7 Å². The number of ether oxygens (including phenoxy) is 1. The van der Waals surface area contributed by atoms with Crippen LogP contribution in [0.25, 0.3) is 0 Å². The fourth-order valence-corrected chi connectivity index (χ4v) is 4.42. The number of hydrogen-bond donors (Lipinski definition) is 1. The van der Waals surface area contributed by atoms with Crippen LogP contribution >= 0.6 is 11.3 Å². The van der Waals surface area contributed by atoms with Crippen molar-refractivity contribution in [3.8, 4) is 0 Å². The Morgan fingerprint density at radius 1 is 1.32 bits per heavy atom. The molecule has 22 heavy (non-hydrogen) atoms. The average molecular weight is 320 g/mol. The summed E-state index contributed by atoms with van der Waals surface area (Å²) in [5.41, 5.74) is 0. The van der Waals surface area contributed by atoms with E-state index < -0.39 is 0 Å². The Labute approximate surface area is 135 Å². The van der Waals surface area contributed by atoms with Gasteiger partial charge in [0, 0.05) is 30.6 Å². The first-order valence-electron chi connectivity index (χ1n) is 8.49. The fourth-order valence-electron chi connectivity index (χ4n) is 3.69. The van der Waals surface area contributed by atoms with E-state index in [1.807, 2.05) is 11.3 Å². The molecule has 3 fully saturated rings. The van der Waals surface area contributed by atoms with Crippen LogP contribution in [0.3, 0.4) is 0 Å². The SMILES string of the molecule is O=C(NCC1CC1)[C@@H]1CC[C@@H]2[C@@H](CCN2Cc2cccs2)O1. The van der Waals surface area contributed by atoms with E-state index in [-0.39, 0.29) is 18.1 Å². The largest absolute Gasteiger partial charge is 0.363 e. The molecule has 3 atom stereocenters. The van der Waals surface area contributed by atoms with Crippen molar-refractivity contribution >= 4 is 17.2 Å². The molecule has 0 unspecified atom stereocenters. The van der Waals surface area contributed by atoms with Gasteiger partial charge in [-0.15, -0.1) is 11.3 Å². The van der Waals surface area contributed by atoms with Gasteiger partial charge in [0.15, 0.2) is 0 Å². The fraction of sp³-hybridized carbons (Fsp3) is 0.706. The minimum Gasteiger partial charge on any atom is -0.363 e. The van der Waals surface area contributed by atoms with Gasteiger partial charge >= 0.3 is 0 Å². The van der Waals surface area contributed by atoms with Crippen molar-refractivity contribution in [1.82, 2.24) is 10.2 Å². The number of likely N-dealkylation sites (tertiary alicyclic amines) is 1. The van der Waals surface area contributed by atoms with E-state index in [0.29, 0.717) is 6.04 Å². The molecule has 2 saturated heterocycles. The summed E-state index contributed by atoms with van der Waals surface area (Å²) in [6.07, 6.45) is 5.56. The third-order valence-electron chi connectivity index (χ3n) is 5.16. The van der Waals surface area contributed by atoms with Crippen molar-refractivity contribution in [1.29, 1.82) is 0 Å². The highest BCUT2D eigenvalue weighted by molar-refractivity contribution is 7.09. The summed E-state index contributed by atoms with van der Waals surface area (Å²) in [5, 5.41) is 5.21. The summed E-state index contributed by atoms with van der Waals surface area (Å²) in [6, 6.07) is 4.82. The average Bonchev–Trinajstić information content (AvgIpc) is 3.07. The zero-order valence-electron chi connectivity index (χ0n) is 12.9. The van der Waals surface area contributed by atoms with E-state index in [1.54, 1.807) is 0 Å². The molecule has 1 N–H and O–H groups in total. The van der Waals surface area contributed by atoms with Crippen LogP contribution in [0, 0.1) is 5.92 Å². The first-order valence-corrected chi connectivity index (χ1v) is 9.37. The van der Waals surface area contributed by atoms with Gasteiger partial charge in [-0.25, -0.2) is 0 Å². The van der Waals surface area contributed by atoms with Gasteiger partial charge in [-0.1, -0.05) is 6.07 Å². The highest BCUT2D eigenvalue weighted by Gasteiger charge is 2.41. The van der Waals surface area contributed by atoms with E-state index in [0.717, 1.165) is 44.8 Å². The Balaban J connectivity index is 1.30. The number of carbonyl (C=O) groups excluding carboxylic acids is 1. The molecule has 0 aromatic carbocycles. The predicted molar refractivity (Wildman–Crippen MR) is 86.8 cm³/mol. The zero-order chi connectivity index (χ0) is 14.9. The van der Waals surface area contributed by atoms with Crippen LogP contribution < -0.4 is 5.32 Å². The number of hydrogen-bond acceptors (Lipinski definition) is 4. The number of rotatable bonds is 5. The van der Waals surface area contributed by atoms with Crippen molar-refractivity contribution in [3.63, 3.8) is 0 Å². The lowest BCUT2D eigenvalue weighted by atomic mass is 9.98. The molecule has 1 aromatic rings. The Morgan fingerprint density at radius 2 is 2.23 bits per heavy atom. The topological polar surface area (TPSA) is 41.6 Å². The molecule has 5 heteroatoms. The minimum atomic E-state index is -0.221. The van der Waals surface area contributed by atoms with E-state index in [9.17, 15) is 4.79 Å². The minimum absolute atomic E-state index is 0.113. The van der Waals surface area contributed by atoms with Crippen molar-refractivity contribution in [2.75, 3.05) is 13.1 Å². The lowest BCUT2D eigenvalue weighted by molar-refractivity contribution is -0.144. The summed E-state index contributed by atoms with van der Waals surface area (Å²) >= 11 is 1.82. The second kappa shape index (κ2) is 6.30. The number of carbonyl (C=O) groups is 1. The zero-order valence-corrected chi connectivity index (χ0v) is 13.7. The number of nitrogens with one attached hydrogen (secondary N) is 1. The Bertz CT molecular complexity index is 515. The van der Waals surface area contributed by atoms with E-state index in [4.69, 9.17) is 4.74 Å². The van der Waals surface area contributed by atoms with Gasteiger partial charge in [0.2, 0.25) is 5.91 Å². The van der Waals surface area contributed by atoms with Gasteiger partial charge in [-0.3, -0.25) is 9.69 Å². The third kappa shape index (κ3) is 3.21. The quantitative estimate of drug-likeness (QED) is 0.906. The molecule has 4 nitrogen and oxygen atoms in total. The molecule has 1 aromatic heterocycles. The van der Waals surface area contributed by atoms with Crippen molar-refractivity contribution in [3.05, 3.63) is 22.4 Å². The van der Waals surface area contributed by atoms with Gasteiger partial charge in [-0.05, 0) is 49.5 Å². The highest BCUT2D eigenvalue weighted by atomic mass is 32.1. The maximum atomic E-state index is 12.2. The number of thiophene rings is 1. The highest BCUT2D eigenvalue weighted by Crippen LogP contribution is 2.33. The molecule has 2 aliphatic heterocycles. The van der Waals surface area contributed by atoms with Gasteiger partial charge in [-0.2, -0.15) is 0 Å². The van der Waals surface area contributed by atoms with Crippen molar-refractivity contribution in [2.45, 2.75) is 56.9 Å². The molecule has 3 aliphatic rings. The standard InChI is InChI=1S/C17H24N2O2S/c20-17(18-10-12-3-4-12)16-6-5-14-15(21-16)7-8-19(14)11-13-2-1-9-22-13/h1-2,9,12,14-16H,3-8,10-11H2,(H,18,20)/t14-,15-,16+/m1/s1. The van der Waals surface area contributed by atoms with Crippen LogP contribution in [0.15, 0.2) is 17.5 Å². The Kier molecular flexibility index (Phi) is 4.20. The molecule has 0 radical (unpaired) electrons. The van der Waals surface area contributed by atoms with Gasteiger partial charge < -0.3 is 10.1 Å². The lowest BCUT2D eigenvalue weighted by Crippen LogP contribution is -2.47. The first-order chi connectivity index (χ1) is 10.8. The number of nitrogens with zero attached hydrogens (tertiary/aromatic N) is 1. The van der Waals surface area contributed by atoms with Crippen LogP contribution in [-0.4, -0.2) is 42.1 Å². The maximum Gasteiger partial charge on any atom is 0.249 e. The van der Waals surface area contributed by atoms with E-state index in [1.165, 1.54) is 17.7 Å². The van der Waals surface area contributed by atoms with Gasteiger partial charge in [0.1, 0.15) is 6.10 Å². The summed E-state index contributed by atoms with van der Waals surface area (Å²) < 4.78 is 6.12. The first kappa shape index (κ1) is 14.7. The maximum absolute atomic E-state index is 12.2. The second-order valence-electron chi connectivity index (χ2n) is 6.83. The smallest absolute Gasteiger partial charge is 0.249 e. The third-order valence-corrected chi connectivity index (χ3v) is 6.02. The summed E-state index contributed by atoms with van der Waals surface area (Å²) in [4.78, 5) is 16.2. The van der Waals surface area contributed by atoms with Crippen LogP contribution in [0.1, 0.15) is 37.0 Å². The van der Waals surface area contributed by atoms with E-state index >= 15 is 0 Å². The molecule has 3 heterocycles. The molecule has 120 valence electrons. The van der Waals surface area contributed by atoms with Crippen molar-refractivity contribution in [2.24, 2.45) is 5.92 Å². The van der Waals surface area contributed by atoms with Crippen LogP contribution in [0.5, 0.6) is 0 Å². The molecule has 0 spiro atoms. The van der Waals surface area contributed by atoms with Gasteiger partial charge in [0.05, 0.1) is 6.10 Å². The predicted octanol–water partition coefficient (Wildman–Crippen LogP) is 2.40. The molecule has 1 amide bonds. The Morgan fingerprint density at radius 3 is 3.00 bits per heavy atom. The lowest BCUT2D eigenvalue weighted by Gasteiger charge is -2.35. The Hall–Kier alpha value is -0.910.